The van der Waals surface area contributed by atoms with Crippen molar-refractivity contribution in [2.24, 2.45) is 17.6 Å². The third kappa shape index (κ3) is 4.63. The van der Waals surface area contributed by atoms with Gasteiger partial charge in [0.2, 0.25) is 0 Å². The van der Waals surface area contributed by atoms with Crippen LogP contribution in [0, 0.1) is 11.8 Å². The van der Waals surface area contributed by atoms with Crippen molar-refractivity contribution >= 4 is 18.3 Å². The number of rotatable bonds is 6. The maximum Gasteiger partial charge on any atom is 0.251 e. The molecule has 2 saturated carbocycles. The Bertz CT molecular complexity index is 597. The van der Waals surface area contributed by atoms with E-state index in [1.165, 1.54) is 19.3 Å². The Morgan fingerprint density at radius 3 is 2.35 bits per heavy atom. The minimum absolute atomic E-state index is 0. The van der Waals surface area contributed by atoms with E-state index >= 15 is 0 Å². The summed E-state index contributed by atoms with van der Waals surface area (Å²) in [6.07, 6.45) is 5.64. The lowest BCUT2D eigenvalue weighted by atomic mass is 9.67. The number of halogens is 1. The lowest BCUT2D eigenvalue weighted by molar-refractivity contribution is 0.0755. The predicted octanol–water partition coefficient (Wildman–Crippen LogP) is 3.54. The minimum Gasteiger partial charge on any atom is -0.490 e. The monoisotopic (exact) mass is 382 g/mol. The van der Waals surface area contributed by atoms with Gasteiger partial charge in [-0.15, -0.1) is 12.4 Å². The van der Waals surface area contributed by atoms with Gasteiger partial charge in [0, 0.05) is 17.6 Å². The van der Waals surface area contributed by atoms with E-state index in [1.54, 1.807) is 6.07 Å². The molecule has 0 heterocycles. The second-order valence-corrected chi connectivity index (χ2v) is 7.21. The Morgan fingerprint density at radius 1 is 1.12 bits per heavy atom. The molecule has 0 radical (unpaired) electrons. The second-order valence-electron chi connectivity index (χ2n) is 7.21. The van der Waals surface area contributed by atoms with Crippen LogP contribution in [-0.4, -0.2) is 31.2 Å². The van der Waals surface area contributed by atoms with Gasteiger partial charge in [0.05, 0.1) is 13.2 Å². The molecule has 3 N–H and O–H groups in total. The van der Waals surface area contributed by atoms with Crippen LogP contribution in [-0.2, 0) is 0 Å². The Hall–Kier alpha value is -1.46. The number of hydrogen-bond acceptors (Lipinski definition) is 4. The summed E-state index contributed by atoms with van der Waals surface area (Å²) in [7, 11) is 0. The summed E-state index contributed by atoms with van der Waals surface area (Å²) in [5.74, 6) is 2.31. The van der Waals surface area contributed by atoms with E-state index in [9.17, 15) is 4.79 Å². The topological polar surface area (TPSA) is 73.6 Å². The third-order valence-electron chi connectivity index (χ3n) is 5.48. The van der Waals surface area contributed by atoms with Gasteiger partial charge in [-0.25, -0.2) is 0 Å². The molecular weight excluding hydrogens is 352 g/mol. The average molecular weight is 383 g/mol. The van der Waals surface area contributed by atoms with E-state index < -0.39 is 0 Å². The second kappa shape index (κ2) is 9.47. The van der Waals surface area contributed by atoms with Crippen molar-refractivity contribution in [2.75, 3.05) is 13.2 Å². The molecule has 2 fully saturated rings. The molecule has 1 aromatic rings. The van der Waals surface area contributed by atoms with Crippen LogP contribution >= 0.6 is 12.4 Å². The number of ether oxygens (including phenoxy) is 2. The van der Waals surface area contributed by atoms with Gasteiger partial charge in [-0.1, -0.05) is 6.42 Å². The summed E-state index contributed by atoms with van der Waals surface area (Å²) in [5, 5.41) is 3.29. The van der Waals surface area contributed by atoms with Crippen LogP contribution in [0.3, 0.4) is 0 Å². The molecule has 2 bridgehead atoms. The van der Waals surface area contributed by atoms with Crippen LogP contribution in [0.5, 0.6) is 11.5 Å². The van der Waals surface area contributed by atoms with E-state index in [4.69, 9.17) is 15.2 Å². The number of nitrogens with one attached hydrogen (secondary N) is 1. The molecule has 2 atom stereocenters. The molecule has 1 aromatic carbocycles. The minimum atomic E-state index is -0.0265. The number of fused-ring (bicyclic) bond motifs is 2. The Balaban J connectivity index is 0.00000243. The summed E-state index contributed by atoms with van der Waals surface area (Å²) >= 11 is 0. The molecule has 2 unspecified atom stereocenters. The van der Waals surface area contributed by atoms with Crippen molar-refractivity contribution in [1.82, 2.24) is 5.32 Å². The highest BCUT2D eigenvalue weighted by molar-refractivity contribution is 5.95. The quantitative estimate of drug-likeness (QED) is 0.789. The van der Waals surface area contributed by atoms with Crippen molar-refractivity contribution in [2.45, 2.75) is 58.0 Å². The number of benzene rings is 1. The summed E-state index contributed by atoms with van der Waals surface area (Å²) in [6.45, 7) is 4.96. The Kier molecular flexibility index (Phi) is 7.59. The largest absolute Gasteiger partial charge is 0.490 e. The molecule has 2 aliphatic carbocycles. The van der Waals surface area contributed by atoms with E-state index in [0.29, 0.717) is 48.2 Å². The van der Waals surface area contributed by atoms with Gasteiger partial charge in [-0.2, -0.15) is 0 Å². The van der Waals surface area contributed by atoms with Gasteiger partial charge < -0.3 is 20.5 Å². The molecule has 1 amide bonds. The number of carbonyl (C=O) groups excluding carboxylic acids is 1. The summed E-state index contributed by atoms with van der Waals surface area (Å²) in [6, 6.07) is 5.96. The van der Waals surface area contributed by atoms with E-state index in [1.807, 2.05) is 26.0 Å². The van der Waals surface area contributed by atoms with Gasteiger partial charge in [0.25, 0.3) is 5.91 Å². The normalized spacial score (nSPS) is 27.2. The van der Waals surface area contributed by atoms with Gasteiger partial charge in [0.15, 0.2) is 11.5 Å². The summed E-state index contributed by atoms with van der Waals surface area (Å²) in [4.78, 5) is 12.8. The third-order valence-corrected chi connectivity index (χ3v) is 5.48. The SMILES string of the molecule is CCOc1ccc(C(=O)NC2C3CCCC2CC(N)C3)cc1OCC.Cl. The highest BCUT2D eigenvalue weighted by Crippen LogP contribution is 2.40. The van der Waals surface area contributed by atoms with Crippen molar-refractivity contribution in [1.29, 1.82) is 0 Å². The molecule has 26 heavy (non-hydrogen) atoms. The van der Waals surface area contributed by atoms with E-state index in [2.05, 4.69) is 5.32 Å². The summed E-state index contributed by atoms with van der Waals surface area (Å²) in [5.41, 5.74) is 6.81. The van der Waals surface area contributed by atoms with Gasteiger partial charge in [-0.3, -0.25) is 4.79 Å². The predicted molar refractivity (Wildman–Crippen MR) is 105 cm³/mol. The van der Waals surface area contributed by atoms with Crippen LogP contribution < -0.4 is 20.5 Å². The molecular formula is C20H31ClN2O3. The highest BCUT2D eigenvalue weighted by atomic mass is 35.5. The maximum atomic E-state index is 12.8. The molecule has 146 valence electrons. The van der Waals surface area contributed by atoms with Crippen LogP contribution in [0.1, 0.15) is 56.3 Å². The molecule has 2 aliphatic rings. The van der Waals surface area contributed by atoms with Crippen LogP contribution in [0.25, 0.3) is 0 Å². The molecule has 5 nitrogen and oxygen atoms in total. The van der Waals surface area contributed by atoms with Crippen LogP contribution in [0.2, 0.25) is 0 Å². The van der Waals surface area contributed by atoms with Gasteiger partial charge in [0.1, 0.15) is 0 Å². The standard InChI is InChI=1S/C20H30N2O3.ClH/c1-3-24-17-9-8-15(12-18(17)25-4-2)20(23)22-19-13-6-5-7-14(19)11-16(21)10-13;/h8-9,12-14,16,19H,3-7,10-11,21H2,1-2H3,(H,22,23);1H. The zero-order valence-corrected chi connectivity index (χ0v) is 16.5. The van der Waals surface area contributed by atoms with Crippen molar-refractivity contribution in [3.63, 3.8) is 0 Å². The van der Waals surface area contributed by atoms with Crippen LogP contribution in [0.15, 0.2) is 18.2 Å². The first kappa shape index (κ1) is 20.8. The molecule has 0 saturated heterocycles. The average Bonchev–Trinajstić information content (AvgIpc) is 2.57. The molecule has 0 spiro atoms. The zero-order chi connectivity index (χ0) is 17.8. The Labute approximate surface area is 162 Å². The van der Waals surface area contributed by atoms with Gasteiger partial charge >= 0.3 is 0 Å². The molecule has 6 heteroatoms. The summed E-state index contributed by atoms with van der Waals surface area (Å²) < 4.78 is 11.2. The fourth-order valence-electron chi connectivity index (χ4n) is 4.45. The lowest BCUT2D eigenvalue weighted by Crippen LogP contribution is -2.53. The smallest absolute Gasteiger partial charge is 0.251 e. The van der Waals surface area contributed by atoms with Crippen LogP contribution in [0.4, 0.5) is 0 Å². The Morgan fingerprint density at radius 2 is 1.73 bits per heavy atom. The molecule has 0 aliphatic heterocycles. The lowest BCUT2D eigenvalue weighted by Gasteiger charge is -2.45. The highest BCUT2D eigenvalue weighted by Gasteiger charge is 2.40. The van der Waals surface area contributed by atoms with E-state index in [0.717, 1.165) is 12.8 Å². The zero-order valence-electron chi connectivity index (χ0n) is 15.7. The molecule has 0 aromatic heterocycles. The fraction of sp³-hybridized carbons (Fsp3) is 0.650. The number of nitrogens with two attached hydrogens (primary N) is 1. The van der Waals surface area contributed by atoms with Crippen molar-refractivity contribution < 1.29 is 14.3 Å². The number of hydrogen-bond donors (Lipinski definition) is 2. The van der Waals surface area contributed by atoms with Gasteiger partial charge in [-0.05, 0) is 69.6 Å². The first-order valence-corrected chi connectivity index (χ1v) is 9.58. The first-order chi connectivity index (χ1) is 12.1. The first-order valence-electron chi connectivity index (χ1n) is 9.58. The van der Waals surface area contributed by atoms with E-state index in [-0.39, 0.29) is 24.4 Å². The van der Waals surface area contributed by atoms with Crippen molar-refractivity contribution in [3.05, 3.63) is 23.8 Å². The van der Waals surface area contributed by atoms with Crippen molar-refractivity contribution in [3.8, 4) is 11.5 Å². The maximum absolute atomic E-state index is 12.8. The number of carbonyl (C=O) groups is 1. The fourth-order valence-corrected chi connectivity index (χ4v) is 4.45. The number of amides is 1. The molecule has 3 rings (SSSR count).